The van der Waals surface area contributed by atoms with Crippen LogP contribution >= 0.6 is 11.3 Å². The molecule has 0 radical (unpaired) electrons. The number of hydrogen-bond acceptors (Lipinski definition) is 8. The third kappa shape index (κ3) is 5.55. The third-order valence-electron chi connectivity index (χ3n) is 6.44. The van der Waals surface area contributed by atoms with Crippen LogP contribution in [0.5, 0.6) is 5.88 Å². The van der Waals surface area contributed by atoms with Gasteiger partial charge in [0, 0.05) is 59.8 Å². The number of carbonyl (C=O) groups excluding carboxylic acids is 1. The first-order chi connectivity index (χ1) is 16.9. The van der Waals surface area contributed by atoms with Gasteiger partial charge in [0.25, 0.3) is 0 Å². The van der Waals surface area contributed by atoms with Gasteiger partial charge in [-0.15, -0.1) is 10.2 Å². The summed E-state index contributed by atoms with van der Waals surface area (Å²) >= 11 is 1.56. The Morgan fingerprint density at radius 3 is 2.66 bits per heavy atom. The zero-order chi connectivity index (χ0) is 24.4. The average Bonchev–Trinajstić information content (AvgIpc) is 3.30. The van der Waals surface area contributed by atoms with E-state index < -0.39 is 0 Å². The topological polar surface area (TPSA) is 81.1 Å². The van der Waals surface area contributed by atoms with Gasteiger partial charge in [-0.1, -0.05) is 23.5 Å². The molecule has 8 heteroatoms. The normalized spacial score (nSPS) is 15.1. The highest BCUT2D eigenvalue weighted by atomic mass is 32.1. The Bertz CT molecular complexity index is 1340. The number of hydrogen-bond donors (Lipinski definition) is 0. The molecule has 180 valence electrons. The van der Waals surface area contributed by atoms with E-state index in [9.17, 15) is 4.79 Å². The summed E-state index contributed by atoms with van der Waals surface area (Å²) in [5.74, 6) is 0.511. The first-order valence-electron chi connectivity index (χ1n) is 12.0. The molecule has 4 aromatic rings. The molecule has 0 saturated carbocycles. The Balaban J connectivity index is 1.27. The second kappa shape index (κ2) is 10.2. The minimum Gasteiger partial charge on any atom is -0.474 e. The van der Waals surface area contributed by atoms with Crippen molar-refractivity contribution < 1.29 is 9.53 Å². The predicted molar refractivity (Wildman–Crippen MR) is 138 cm³/mol. The number of carbonyl (C=O) groups is 1. The summed E-state index contributed by atoms with van der Waals surface area (Å²) in [6, 6.07) is 12.2. The van der Waals surface area contributed by atoms with E-state index in [4.69, 9.17) is 4.74 Å². The van der Waals surface area contributed by atoms with Gasteiger partial charge in [-0.05, 0) is 57.2 Å². The third-order valence-corrected chi connectivity index (χ3v) is 7.33. The molecule has 7 nitrogen and oxygen atoms in total. The summed E-state index contributed by atoms with van der Waals surface area (Å²) in [7, 11) is 0. The van der Waals surface area contributed by atoms with Crippen molar-refractivity contribution in [1.82, 2.24) is 25.1 Å². The molecule has 1 aromatic carbocycles. The van der Waals surface area contributed by atoms with E-state index in [0.29, 0.717) is 17.5 Å². The Hall–Kier alpha value is -3.23. The van der Waals surface area contributed by atoms with Gasteiger partial charge in [-0.2, -0.15) is 0 Å². The largest absolute Gasteiger partial charge is 0.474 e. The number of likely N-dealkylation sites (tertiary alicyclic amines) is 1. The van der Waals surface area contributed by atoms with E-state index in [0.717, 1.165) is 58.0 Å². The maximum atomic E-state index is 13.1. The highest BCUT2D eigenvalue weighted by molar-refractivity contribution is 7.14. The Morgan fingerprint density at radius 2 is 1.91 bits per heavy atom. The summed E-state index contributed by atoms with van der Waals surface area (Å²) in [6.07, 6.45) is 5.76. The van der Waals surface area contributed by atoms with E-state index in [1.807, 2.05) is 31.3 Å². The smallest absolute Gasteiger partial charge is 0.214 e. The van der Waals surface area contributed by atoms with E-state index in [1.54, 1.807) is 29.7 Å². The SMILES string of the molecule is Cc1nnc(-c2ccc3cnc(CC(=O)c4ccnc(OC5CCN(C(C)C)CC5)c4)cc3c2)s1. The van der Waals surface area contributed by atoms with E-state index >= 15 is 0 Å². The quantitative estimate of drug-likeness (QED) is 0.334. The van der Waals surface area contributed by atoms with Crippen molar-refractivity contribution in [2.45, 2.75) is 52.2 Å². The zero-order valence-corrected chi connectivity index (χ0v) is 21.1. The number of aromatic nitrogens is 4. The van der Waals surface area contributed by atoms with Crippen LogP contribution in [0.1, 0.15) is 47.7 Å². The summed E-state index contributed by atoms with van der Waals surface area (Å²) in [5, 5.41) is 12.2. The maximum Gasteiger partial charge on any atom is 0.214 e. The number of benzene rings is 1. The van der Waals surface area contributed by atoms with Crippen LogP contribution in [0, 0.1) is 6.92 Å². The second-order valence-electron chi connectivity index (χ2n) is 9.29. The summed E-state index contributed by atoms with van der Waals surface area (Å²) < 4.78 is 6.12. The lowest BCUT2D eigenvalue weighted by Gasteiger charge is -2.34. The van der Waals surface area contributed by atoms with Crippen molar-refractivity contribution in [2.75, 3.05) is 13.1 Å². The molecule has 3 aromatic heterocycles. The molecule has 1 aliphatic heterocycles. The molecule has 5 rings (SSSR count). The number of ketones is 1. The minimum absolute atomic E-state index is 0.00497. The van der Waals surface area contributed by atoms with Crippen molar-refractivity contribution in [1.29, 1.82) is 0 Å². The molecular weight excluding hydrogens is 458 g/mol. The van der Waals surface area contributed by atoms with Crippen LogP contribution < -0.4 is 4.74 Å². The fourth-order valence-electron chi connectivity index (χ4n) is 4.42. The van der Waals surface area contributed by atoms with Gasteiger partial charge in [0.2, 0.25) is 5.88 Å². The molecule has 1 fully saturated rings. The minimum atomic E-state index is -0.00497. The van der Waals surface area contributed by atoms with Crippen LogP contribution in [-0.4, -0.2) is 56.1 Å². The first kappa shape index (κ1) is 23.5. The molecular formula is C27H29N5O2S. The molecule has 0 unspecified atom stereocenters. The van der Waals surface area contributed by atoms with Gasteiger partial charge >= 0.3 is 0 Å². The standard InChI is InChI=1S/C27H29N5O2S/c1-17(2)32-10-7-24(8-11-32)34-26-14-19(6-9-28-26)25(33)15-23-13-22-12-20(4-5-21(22)16-29-23)27-31-30-18(3)35-27/h4-6,9,12-14,16-17,24H,7-8,10-11,15H2,1-3H3. The van der Waals surface area contributed by atoms with Crippen LogP contribution in [0.15, 0.2) is 48.8 Å². The van der Waals surface area contributed by atoms with E-state index in [2.05, 4.69) is 45.0 Å². The summed E-state index contributed by atoms with van der Waals surface area (Å²) in [4.78, 5) is 24.4. The Labute approximate surface area is 209 Å². The maximum absolute atomic E-state index is 13.1. The van der Waals surface area contributed by atoms with Gasteiger partial charge in [0.05, 0.1) is 6.42 Å². The number of rotatable bonds is 7. The fourth-order valence-corrected chi connectivity index (χ4v) is 5.11. The van der Waals surface area contributed by atoms with Crippen LogP contribution in [0.25, 0.3) is 21.3 Å². The highest BCUT2D eigenvalue weighted by Crippen LogP contribution is 2.27. The molecule has 0 spiro atoms. The predicted octanol–water partition coefficient (Wildman–Crippen LogP) is 5.13. The van der Waals surface area contributed by atoms with Gasteiger partial charge in [0.15, 0.2) is 5.78 Å². The van der Waals surface area contributed by atoms with Gasteiger partial charge in [0.1, 0.15) is 16.1 Å². The lowest BCUT2D eigenvalue weighted by molar-refractivity contribution is 0.0809. The molecule has 0 atom stereocenters. The molecule has 0 bridgehead atoms. The lowest BCUT2D eigenvalue weighted by Crippen LogP contribution is -2.41. The molecule has 0 amide bonds. The number of fused-ring (bicyclic) bond motifs is 1. The summed E-state index contributed by atoms with van der Waals surface area (Å²) in [5.41, 5.74) is 2.34. The van der Waals surface area contributed by atoms with Crippen molar-refractivity contribution in [3.8, 4) is 16.5 Å². The van der Waals surface area contributed by atoms with Crippen LogP contribution in [0.4, 0.5) is 0 Å². The molecule has 1 aliphatic rings. The monoisotopic (exact) mass is 487 g/mol. The fraction of sp³-hybridized carbons (Fsp3) is 0.370. The zero-order valence-electron chi connectivity index (χ0n) is 20.3. The molecule has 1 saturated heterocycles. The van der Waals surface area contributed by atoms with Crippen molar-refractivity contribution in [2.24, 2.45) is 0 Å². The van der Waals surface area contributed by atoms with E-state index in [1.165, 1.54) is 0 Å². The van der Waals surface area contributed by atoms with Crippen LogP contribution in [0.2, 0.25) is 0 Å². The number of Topliss-reactive ketones (excluding diaryl/α,β-unsaturated/α-hetero) is 1. The molecule has 4 heterocycles. The van der Waals surface area contributed by atoms with Gasteiger partial charge < -0.3 is 9.64 Å². The molecule has 0 aliphatic carbocycles. The Kier molecular flexibility index (Phi) is 6.83. The highest BCUT2D eigenvalue weighted by Gasteiger charge is 2.22. The summed E-state index contributed by atoms with van der Waals surface area (Å²) in [6.45, 7) is 8.44. The first-order valence-corrected chi connectivity index (χ1v) is 12.9. The van der Waals surface area contributed by atoms with Crippen LogP contribution in [-0.2, 0) is 6.42 Å². The van der Waals surface area contributed by atoms with E-state index in [-0.39, 0.29) is 18.3 Å². The van der Waals surface area contributed by atoms with Crippen molar-refractivity contribution in [3.63, 3.8) is 0 Å². The number of ether oxygens (including phenoxy) is 1. The van der Waals surface area contributed by atoms with Gasteiger partial charge in [-0.3, -0.25) is 9.78 Å². The Morgan fingerprint density at radius 1 is 1.09 bits per heavy atom. The number of aryl methyl sites for hydroxylation is 1. The number of nitrogens with zero attached hydrogens (tertiary/aromatic N) is 5. The second-order valence-corrected chi connectivity index (χ2v) is 10.5. The van der Waals surface area contributed by atoms with Crippen molar-refractivity contribution in [3.05, 3.63) is 65.1 Å². The number of pyridine rings is 2. The van der Waals surface area contributed by atoms with Gasteiger partial charge in [-0.25, -0.2) is 4.98 Å². The van der Waals surface area contributed by atoms with Crippen molar-refractivity contribution >= 4 is 27.9 Å². The lowest BCUT2D eigenvalue weighted by atomic mass is 10.0. The molecule has 35 heavy (non-hydrogen) atoms. The van der Waals surface area contributed by atoms with Crippen LogP contribution in [0.3, 0.4) is 0 Å². The number of piperidine rings is 1. The molecule has 0 N–H and O–H groups in total. The average molecular weight is 488 g/mol.